The van der Waals surface area contributed by atoms with Crippen molar-refractivity contribution in [2.24, 2.45) is 0 Å². The van der Waals surface area contributed by atoms with Gasteiger partial charge in [-0.1, -0.05) is 0 Å². The highest BCUT2D eigenvalue weighted by Gasteiger charge is 2.36. The normalized spacial score (nSPS) is 19.5. The van der Waals surface area contributed by atoms with Crippen molar-refractivity contribution in [2.75, 3.05) is 20.3 Å². The zero-order valence-corrected chi connectivity index (χ0v) is 15.8. The summed E-state index contributed by atoms with van der Waals surface area (Å²) in [6.45, 7) is 7.09. The summed E-state index contributed by atoms with van der Waals surface area (Å²) in [6.07, 6.45) is 0.737. The van der Waals surface area contributed by atoms with Gasteiger partial charge in [0.05, 0.1) is 25.4 Å². The summed E-state index contributed by atoms with van der Waals surface area (Å²) in [5.74, 6) is 0.783. The van der Waals surface area contributed by atoms with Gasteiger partial charge in [0, 0.05) is 29.4 Å². The Morgan fingerprint density at radius 2 is 2.15 bits per heavy atom. The smallest absolute Gasteiger partial charge is 0.251 e. The van der Waals surface area contributed by atoms with Crippen LogP contribution in [0.5, 0.6) is 5.75 Å². The SMILES string of the molecule is COc1ccc2[nH]c(=O)c(CCC(=O)N3CC(C)OCC3(C)C)cc2c1. The second-order valence-corrected chi connectivity index (χ2v) is 7.52. The van der Waals surface area contributed by atoms with Crippen LogP contribution < -0.4 is 10.3 Å². The summed E-state index contributed by atoms with van der Waals surface area (Å²) in [6, 6.07) is 7.35. The molecule has 0 bridgehead atoms. The van der Waals surface area contributed by atoms with E-state index in [1.54, 1.807) is 7.11 Å². The van der Waals surface area contributed by atoms with Gasteiger partial charge in [-0.2, -0.15) is 0 Å². The van der Waals surface area contributed by atoms with Crippen molar-refractivity contribution < 1.29 is 14.3 Å². The topological polar surface area (TPSA) is 71.6 Å². The lowest BCUT2D eigenvalue weighted by molar-refractivity contribution is -0.152. The number of carbonyl (C=O) groups is 1. The third-order valence-electron chi connectivity index (χ3n) is 4.93. The highest BCUT2D eigenvalue weighted by Crippen LogP contribution is 2.24. The van der Waals surface area contributed by atoms with Gasteiger partial charge in [-0.15, -0.1) is 0 Å². The molecule has 0 radical (unpaired) electrons. The Labute approximate surface area is 153 Å². The van der Waals surface area contributed by atoms with E-state index in [1.165, 1.54) is 0 Å². The molecule has 1 atom stereocenters. The summed E-state index contributed by atoms with van der Waals surface area (Å²) in [4.78, 5) is 29.8. The molecule has 26 heavy (non-hydrogen) atoms. The lowest BCUT2D eigenvalue weighted by Gasteiger charge is -2.44. The first-order valence-electron chi connectivity index (χ1n) is 8.92. The van der Waals surface area contributed by atoms with Crippen molar-refractivity contribution in [2.45, 2.75) is 45.3 Å². The number of rotatable bonds is 4. The Bertz CT molecular complexity index is 872. The predicted molar refractivity (Wildman–Crippen MR) is 101 cm³/mol. The molecule has 6 nitrogen and oxygen atoms in total. The minimum absolute atomic E-state index is 0.0310. The van der Waals surface area contributed by atoms with Crippen LogP contribution in [-0.2, 0) is 16.0 Å². The first-order valence-corrected chi connectivity index (χ1v) is 8.92. The van der Waals surface area contributed by atoms with Crippen LogP contribution >= 0.6 is 0 Å². The number of aromatic nitrogens is 1. The van der Waals surface area contributed by atoms with E-state index in [0.29, 0.717) is 31.6 Å². The number of benzene rings is 1. The Morgan fingerprint density at radius 1 is 1.38 bits per heavy atom. The average molecular weight is 358 g/mol. The number of ether oxygens (including phenoxy) is 2. The molecule has 140 valence electrons. The van der Waals surface area contributed by atoms with Gasteiger partial charge >= 0.3 is 0 Å². The van der Waals surface area contributed by atoms with Gasteiger partial charge in [0.2, 0.25) is 5.91 Å². The number of aromatic amines is 1. The number of methoxy groups -OCH3 is 1. The number of nitrogens with one attached hydrogen (secondary N) is 1. The lowest BCUT2D eigenvalue weighted by atomic mass is 9.99. The molecule has 0 aliphatic carbocycles. The number of H-pyrrole nitrogens is 1. The summed E-state index contributed by atoms with van der Waals surface area (Å²) >= 11 is 0. The molecule has 2 aromatic rings. The zero-order valence-electron chi connectivity index (χ0n) is 15.8. The fraction of sp³-hybridized carbons (Fsp3) is 0.500. The van der Waals surface area contributed by atoms with Gasteiger partial charge in [0.15, 0.2) is 0 Å². The Balaban J connectivity index is 1.77. The van der Waals surface area contributed by atoms with E-state index in [9.17, 15) is 9.59 Å². The summed E-state index contributed by atoms with van der Waals surface area (Å²) in [5.41, 5.74) is 0.893. The lowest BCUT2D eigenvalue weighted by Crippen LogP contribution is -2.57. The molecule has 3 rings (SSSR count). The monoisotopic (exact) mass is 358 g/mol. The zero-order chi connectivity index (χ0) is 18.9. The van der Waals surface area contributed by atoms with E-state index in [4.69, 9.17) is 9.47 Å². The number of fused-ring (bicyclic) bond motifs is 1. The van der Waals surface area contributed by atoms with E-state index in [2.05, 4.69) is 4.98 Å². The van der Waals surface area contributed by atoms with Crippen LogP contribution in [0.15, 0.2) is 29.1 Å². The van der Waals surface area contributed by atoms with Crippen LogP contribution in [0.4, 0.5) is 0 Å². The van der Waals surface area contributed by atoms with Gasteiger partial charge in [0.25, 0.3) is 5.56 Å². The highest BCUT2D eigenvalue weighted by molar-refractivity contribution is 5.81. The van der Waals surface area contributed by atoms with Crippen LogP contribution in [-0.4, -0.2) is 47.7 Å². The molecule has 1 fully saturated rings. The largest absolute Gasteiger partial charge is 0.497 e. The van der Waals surface area contributed by atoms with Crippen molar-refractivity contribution >= 4 is 16.8 Å². The second-order valence-electron chi connectivity index (χ2n) is 7.52. The van der Waals surface area contributed by atoms with Crippen molar-refractivity contribution in [3.05, 3.63) is 40.2 Å². The number of aryl methyl sites for hydroxylation is 1. The number of carbonyl (C=O) groups excluding carboxylic acids is 1. The van der Waals surface area contributed by atoms with Gasteiger partial charge in [-0.3, -0.25) is 9.59 Å². The molecule has 0 saturated carbocycles. The molecule has 1 aromatic heterocycles. The second kappa shape index (κ2) is 7.11. The molecule has 1 unspecified atom stereocenters. The molecule has 6 heteroatoms. The predicted octanol–water partition coefficient (Wildman–Crippen LogP) is 2.50. The Hall–Kier alpha value is -2.34. The standard InChI is InChI=1S/C20H26N2O4/c1-13-11-22(20(2,3)12-26-13)18(23)8-5-14-9-15-10-16(25-4)6-7-17(15)21-19(14)24/h6-7,9-10,13H,5,8,11-12H2,1-4H3,(H,21,24). The Morgan fingerprint density at radius 3 is 2.88 bits per heavy atom. The summed E-state index contributed by atoms with van der Waals surface area (Å²) in [5, 5.41) is 0.895. The van der Waals surface area contributed by atoms with Crippen molar-refractivity contribution in [3.63, 3.8) is 0 Å². The van der Waals surface area contributed by atoms with Gasteiger partial charge in [-0.05, 0) is 51.5 Å². The minimum Gasteiger partial charge on any atom is -0.497 e. The fourth-order valence-electron chi connectivity index (χ4n) is 3.34. The van der Waals surface area contributed by atoms with Crippen LogP contribution in [0.2, 0.25) is 0 Å². The van der Waals surface area contributed by atoms with E-state index in [-0.39, 0.29) is 23.1 Å². The van der Waals surface area contributed by atoms with E-state index >= 15 is 0 Å². The quantitative estimate of drug-likeness (QED) is 0.911. The van der Waals surface area contributed by atoms with Crippen molar-refractivity contribution in [1.82, 2.24) is 9.88 Å². The van der Waals surface area contributed by atoms with Crippen LogP contribution in [0.1, 0.15) is 32.8 Å². The minimum atomic E-state index is -0.327. The maximum atomic E-state index is 12.7. The van der Waals surface area contributed by atoms with E-state index in [1.807, 2.05) is 49.9 Å². The number of pyridine rings is 1. The number of morpholine rings is 1. The molecule has 1 aliphatic heterocycles. The molecule has 1 amide bonds. The fourth-order valence-corrected chi connectivity index (χ4v) is 3.34. The van der Waals surface area contributed by atoms with Gasteiger partial charge in [0.1, 0.15) is 5.75 Å². The molecule has 1 N–H and O–H groups in total. The van der Waals surface area contributed by atoms with Crippen molar-refractivity contribution in [3.8, 4) is 5.75 Å². The number of amides is 1. The van der Waals surface area contributed by atoms with Gasteiger partial charge < -0.3 is 19.4 Å². The summed E-state index contributed by atoms with van der Waals surface area (Å²) < 4.78 is 10.9. The number of nitrogens with zero attached hydrogens (tertiary/aromatic N) is 1. The highest BCUT2D eigenvalue weighted by atomic mass is 16.5. The third-order valence-corrected chi connectivity index (χ3v) is 4.93. The van der Waals surface area contributed by atoms with Crippen LogP contribution in [0.3, 0.4) is 0 Å². The third kappa shape index (κ3) is 3.75. The maximum Gasteiger partial charge on any atom is 0.251 e. The van der Waals surface area contributed by atoms with Gasteiger partial charge in [-0.25, -0.2) is 0 Å². The maximum absolute atomic E-state index is 12.7. The first kappa shape index (κ1) is 18.5. The number of hydrogen-bond donors (Lipinski definition) is 1. The number of hydrogen-bond acceptors (Lipinski definition) is 4. The van der Waals surface area contributed by atoms with Crippen molar-refractivity contribution in [1.29, 1.82) is 0 Å². The van der Waals surface area contributed by atoms with E-state index in [0.717, 1.165) is 16.7 Å². The van der Waals surface area contributed by atoms with Crippen LogP contribution in [0.25, 0.3) is 10.9 Å². The first-order chi connectivity index (χ1) is 12.3. The molecule has 0 spiro atoms. The Kier molecular flexibility index (Phi) is 5.05. The molecule has 2 heterocycles. The average Bonchev–Trinajstić information content (AvgIpc) is 2.61. The molecule has 1 aromatic carbocycles. The molecular formula is C20H26N2O4. The molecular weight excluding hydrogens is 332 g/mol. The van der Waals surface area contributed by atoms with E-state index < -0.39 is 0 Å². The molecule has 1 saturated heterocycles. The summed E-state index contributed by atoms with van der Waals surface area (Å²) in [7, 11) is 1.61. The molecule has 1 aliphatic rings. The van der Waals surface area contributed by atoms with Crippen LogP contribution in [0, 0.1) is 0 Å².